The Kier molecular flexibility index (Phi) is 7.92. The van der Waals surface area contributed by atoms with Gasteiger partial charge in [0.25, 0.3) is 0 Å². The van der Waals surface area contributed by atoms with Gasteiger partial charge in [-0.3, -0.25) is 4.99 Å². The molecule has 9 aromatic rings. The van der Waals surface area contributed by atoms with Gasteiger partial charge in [-0.05, 0) is 85.9 Å². The van der Waals surface area contributed by atoms with E-state index < -0.39 is 0 Å². The second kappa shape index (κ2) is 13.5. The van der Waals surface area contributed by atoms with Crippen LogP contribution in [0, 0.1) is 0 Å². The van der Waals surface area contributed by atoms with Crippen LogP contribution in [-0.2, 0) is 0 Å². The molecule has 0 N–H and O–H groups in total. The van der Waals surface area contributed by atoms with Gasteiger partial charge < -0.3 is 4.90 Å². The highest BCUT2D eigenvalue weighted by atomic mass is 15.1. The first-order valence-electron chi connectivity index (χ1n) is 18.6. The van der Waals surface area contributed by atoms with Crippen LogP contribution in [-0.4, -0.2) is 0 Å². The van der Waals surface area contributed by atoms with Gasteiger partial charge in [0.2, 0.25) is 0 Å². The Morgan fingerprint density at radius 1 is 0.389 bits per heavy atom. The zero-order valence-corrected chi connectivity index (χ0v) is 29.7. The number of fused-ring (bicyclic) bond motifs is 4. The average molecular weight is 689 g/mol. The molecular formula is C52H36N2. The summed E-state index contributed by atoms with van der Waals surface area (Å²) in [5.41, 5.74) is 11.7. The van der Waals surface area contributed by atoms with Crippen molar-refractivity contribution in [2.24, 2.45) is 4.99 Å². The molecule has 1 aliphatic rings. The lowest BCUT2D eigenvalue weighted by Crippen LogP contribution is -2.27. The van der Waals surface area contributed by atoms with Crippen molar-refractivity contribution in [2.75, 3.05) is 4.90 Å². The molecular weight excluding hydrogens is 653 g/mol. The molecule has 0 fully saturated rings. The van der Waals surface area contributed by atoms with Gasteiger partial charge in [-0.25, -0.2) is 0 Å². The normalized spacial score (nSPS) is 13.5. The number of benzene rings is 9. The van der Waals surface area contributed by atoms with E-state index in [1.54, 1.807) is 0 Å². The van der Waals surface area contributed by atoms with Crippen LogP contribution in [0.15, 0.2) is 217 Å². The van der Waals surface area contributed by atoms with Crippen LogP contribution in [0.2, 0.25) is 0 Å². The molecule has 10 rings (SSSR count). The van der Waals surface area contributed by atoms with Crippen molar-refractivity contribution in [3.8, 4) is 22.3 Å². The summed E-state index contributed by atoms with van der Waals surface area (Å²) in [5, 5.41) is 7.03. The van der Waals surface area contributed by atoms with E-state index in [0.717, 1.165) is 28.0 Å². The molecule has 0 radical (unpaired) electrons. The summed E-state index contributed by atoms with van der Waals surface area (Å²) in [6.07, 6.45) is 0. The van der Waals surface area contributed by atoms with Gasteiger partial charge in [0.1, 0.15) is 6.04 Å². The first kappa shape index (κ1) is 31.7. The highest BCUT2D eigenvalue weighted by molar-refractivity contribution is 6.01. The van der Waals surface area contributed by atoms with E-state index in [9.17, 15) is 0 Å². The van der Waals surface area contributed by atoms with Crippen LogP contribution in [0.3, 0.4) is 0 Å². The van der Waals surface area contributed by atoms with Gasteiger partial charge in [-0.15, -0.1) is 0 Å². The van der Waals surface area contributed by atoms with Gasteiger partial charge in [0, 0.05) is 27.5 Å². The molecule has 0 aromatic heterocycles. The van der Waals surface area contributed by atoms with E-state index in [0.29, 0.717) is 0 Å². The van der Waals surface area contributed by atoms with Gasteiger partial charge in [0.05, 0.1) is 11.0 Å². The second-order valence-electron chi connectivity index (χ2n) is 13.9. The summed E-state index contributed by atoms with van der Waals surface area (Å²) in [7, 11) is 0. The number of nitrogens with zero attached hydrogens (tertiary/aromatic N) is 2. The molecule has 0 amide bonds. The Hall–Kier alpha value is -7.03. The topological polar surface area (TPSA) is 15.6 Å². The third-order valence-electron chi connectivity index (χ3n) is 10.7. The smallest absolute Gasteiger partial charge is 0.102 e. The summed E-state index contributed by atoms with van der Waals surface area (Å²) in [6, 6.07) is 76.3. The Morgan fingerprint density at radius 3 is 1.69 bits per heavy atom. The molecule has 0 aliphatic carbocycles. The van der Waals surface area contributed by atoms with Crippen molar-refractivity contribution in [2.45, 2.75) is 6.04 Å². The molecule has 1 unspecified atom stereocenters. The maximum absolute atomic E-state index is 5.63. The Labute approximate surface area is 315 Å². The summed E-state index contributed by atoms with van der Waals surface area (Å²) < 4.78 is 0. The predicted octanol–water partition coefficient (Wildman–Crippen LogP) is 12.4. The minimum atomic E-state index is -0.139. The first-order chi connectivity index (χ1) is 26.8. The molecule has 0 spiro atoms. The Bertz CT molecular complexity index is 2900. The minimum Gasteiger partial charge on any atom is -0.310 e. The summed E-state index contributed by atoms with van der Waals surface area (Å²) in [6.45, 7) is 0. The zero-order valence-electron chi connectivity index (χ0n) is 29.7. The zero-order chi connectivity index (χ0) is 35.8. The van der Waals surface area contributed by atoms with Gasteiger partial charge in [-0.1, -0.05) is 176 Å². The molecule has 2 heteroatoms. The van der Waals surface area contributed by atoms with E-state index >= 15 is 0 Å². The lowest BCUT2D eigenvalue weighted by molar-refractivity contribution is 0.920. The molecule has 0 bridgehead atoms. The van der Waals surface area contributed by atoms with Crippen molar-refractivity contribution in [3.05, 3.63) is 234 Å². The van der Waals surface area contributed by atoms with Crippen molar-refractivity contribution in [1.29, 1.82) is 0 Å². The first-order valence-corrected chi connectivity index (χ1v) is 18.6. The monoisotopic (exact) mass is 688 g/mol. The summed E-state index contributed by atoms with van der Waals surface area (Å²) >= 11 is 0. The Morgan fingerprint density at radius 2 is 0.963 bits per heavy atom. The molecule has 254 valence electrons. The average Bonchev–Trinajstić information content (AvgIpc) is 3.66. The lowest BCUT2D eigenvalue weighted by atomic mass is 9.90. The largest absolute Gasteiger partial charge is 0.310 e. The summed E-state index contributed by atoms with van der Waals surface area (Å²) in [4.78, 5) is 8.04. The number of rotatable bonds is 7. The van der Waals surface area contributed by atoms with Crippen LogP contribution >= 0.6 is 0 Å². The van der Waals surface area contributed by atoms with Crippen molar-refractivity contribution < 1.29 is 0 Å². The van der Waals surface area contributed by atoms with E-state index in [1.807, 2.05) is 0 Å². The SMILES string of the molecule is c1ccc(C2=c3c(c(-c4ccccc4)cc4ccc(N(c5ccc(-c6ccccc6)cc5)c5cccc6ccccc56)cc34)=NC2c2ccccc2)cc1. The van der Waals surface area contributed by atoms with E-state index in [-0.39, 0.29) is 6.04 Å². The van der Waals surface area contributed by atoms with Gasteiger partial charge in [-0.2, -0.15) is 0 Å². The van der Waals surface area contributed by atoms with Crippen molar-refractivity contribution in [3.63, 3.8) is 0 Å². The molecule has 0 saturated heterocycles. The standard InChI is InChI=1S/C52H36N2/c1-5-16-36(17-6-1)37-28-31-43(32-29-37)54(48-27-15-25-38-20-13-14-26-45(38)48)44-33-30-42-34-47(39-18-7-2-8-19-39)52-50(46(42)35-44)49(40-21-9-3-10-22-40)51(53-52)41-23-11-4-12-24-41/h1-35,51H. The summed E-state index contributed by atoms with van der Waals surface area (Å²) in [5.74, 6) is 0. The molecule has 54 heavy (non-hydrogen) atoms. The van der Waals surface area contributed by atoms with Crippen molar-refractivity contribution >= 4 is 44.2 Å². The minimum absolute atomic E-state index is 0.139. The highest BCUT2D eigenvalue weighted by Crippen LogP contribution is 2.41. The van der Waals surface area contributed by atoms with Gasteiger partial charge in [0.15, 0.2) is 0 Å². The number of hydrogen-bond donors (Lipinski definition) is 0. The fourth-order valence-corrected chi connectivity index (χ4v) is 8.15. The molecule has 9 aromatic carbocycles. The van der Waals surface area contributed by atoms with Crippen LogP contribution in [0.5, 0.6) is 0 Å². The molecule has 1 heterocycles. The second-order valence-corrected chi connectivity index (χ2v) is 13.9. The highest BCUT2D eigenvalue weighted by Gasteiger charge is 2.27. The quantitative estimate of drug-likeness (QED) is 0.163. The maximum Gasteiger partial charge on any atom is 0.102 e. The number of anilines is 3. The fourth-order valence-electron chi connectivity index (χ4n) is 8.15. The van der Waals surface area contributed by atoms with Crippen LogP contribution < -0.4 is 15.5 Å². The van der Waals surface area contributed by atoms with Crippen LogP contribution in [0.4, 0.5) is 17.1 Å². The van der Waals surface area contributed by atoms with Crippen molar-refractivity contribution in [1.82, 2.24) is 0 Å². The van der Waals surface area contributed by atoms with E-state index in [2.05, 4.69) is 217 Å². The third-order valence-corrected chi connectivity index (χ3v) is 10.7. The lowest BCUT2D eigenvalue weighted by Gasteiger charge is -2.27. The molecule has 1 atom stereocenters. The molecule has 0 saturated carbocycles. The van der Waals surface area contributed by atoms with E-state index in [1.165, 1.54) is 60.2 Å². The predicted molar refractivity (Wildman–Crippen MR) is 226 cm³/mol. The fraction of sp³-hybridized carbons (Fsp3) is 0.0192. The van der Waals surface area contributed by atoms with Crippen LogP contribution in [0.25, 0.3) is 49.4 Å². The van der Waals surface area contributed by atoms with E-state index in [4.69, 9.17) is 4.99 Å². The number of hydrogen-bond acceptors (Lipinski definition) is 2. The maximum atomic E-state index is 5.63. The van der Waals surface area contributed by atoms with Crippen LogP contribution in [0.1, 0.15) is 17.2 Å². The molecule has 2 nitrogen and oxygen atoms in total. The third kappa shape index (κ3) is 5.57. The van der Waals surface area contributed by atoms with Gasteiger partial charge >= 0.3 is 0 Å². The Balaban J connectivity index is 1.27. The molecule has 1 aliphatic heterocycles.